The first-order chi connectivity index (χ1) is 7.40. The highest BCUT2D eigenvalue weighted by Gasteiger charge is 2.12. The van der Waals surface area contributed by atoms with Crippen molar-refractivity contribution in [1.29, 1.82) is 0 Å². The number of ether oxygens (including phenoxy) is 2. The Kier molecular flexibility index (Phi) is 5.62. The zero-order chi connectivity index (χ0) is 12.2. The second-order valence-corrected chi connectivity index (χ2v) is 6.45. The Labute approximate surface area is 118 Å². The Balaban J connectivity index is 0.000000221. The molecule has 0 radical (unpaired) electrons. The molecular formula is C9H7Cl5O2. The van der Waals surface area contributed by atoms with Crippen LogP contribution in [0.3, 0.4) is 0 Å². The highest BCUT2D eigenvalue weighted by Crippen LogP contribution is 2.32. The summed E-state index contributed by atoms with van der Waals surface area (Å²) in [4.78, 5) is 0. The standard InChI is InChI=1S/C8H7ClO2.CCl4/c9-4-6-1-2-7-8(3-6)11-5-10-7;2-1(3,4)5/h1-3H,4-5H2;. The van der Waals surface area contributed by atoms with Gasteiger partial charge in [0.1, 0.15) is 0 Å². The first kappa shape index (κ1) is 14.3. The molecule has 0 N–H and O–H groups in total. The minimum absolute atomic E-state index is 0.321. The SMILES string of the molecule is ClC(Cl)(Cl)Cl.ClCc1ccc2c(c1)OCO2. The molecule has 0 spiro atoms. The van der Waals surface area contributed by atoms with Gasteiger partial charge in [0, 0.05) is 5.88 Å². The number of alkyl halides is 5. The summed E-state index contributed by atoms with van der Waals surface area (Å²) in [6.45, 7) is 0.321. The minimum Gasteiger partial charge on any atom is -0.454 e. The van der Waals surface area contributed by atoms with Crippen LogP contribution in [0.4, 0.5) is 0 Å². The van der Waals surface area contributed by atoms with E-state index in [-0.39, 0.29) is 0 Å². The molecule has 2 rings (SSSR count). The van der Waals surface area contributed by atoms with Crippen molar-refractivity contribution in [3.05, 3.63) is 23.8 Å². The summed E-state index contributed by atoms with van der Waals surface area (Å²) in [5.74, 6) is 2.11. The molecule has 0 fully saturated rings. The number of fused-ring (bicyclic) bond motifs is 1. The van der Waals surface area contributed by atoms with Crippen LogP contribution in [0.25, 0.3) is 0 Å². The average Bonchev–Trinajstić information content (AvgIpc) is 2.61. The number of rotatable bonds is 1. The summed E-state index contributed by atoms with van der Waals surface area (Å²) in [5.41, 5.74) is 1.05. The molecule has 0 aliphatic carbocycles. The topological polar surface area (TPSA) is 18.5 Å². The van der Waals surface area contributed by atoms with Crippen LogP contribution in [0.5, 0.6) is 11.5 Å². The largest absolute Gasteiger partial charge is 0.454 e. The fourth-order valence-corrected chi connectivity index (χ4v) is 1.19. The first-order valence-electron chi connectivity index (χ1n) is 4.10. The molecule has 0 saturated carbocycles. The van der Waals surface area contributed by atoms with Crippen molar-refractivity contribution < 1.29 is 9.47 Å². The van der Waals surface area contributed by atoms with E-state index in [0.717, 1.165) is 17.1 Å². The fourth-order valence-electron chi connectivity index (χ4n) is 1.02. The fraction of sp³-hybridized carbons (Fsp3) is 0.333. The summed E-state index contributed by atoms with van der Waals surface area (Å²) in [7, 11) is 0. The van der Waals surface area contributed by atoms with E-state index in [1.165, 1.54) is 0 Å². The third-order valence-corrected chi connectivity index (χ3v) is 1.90. The maximum atomic E-state index is 5.63. The smallest absolute Gasteiger partial charge is 0.266 e. The number of hydrogen-bond donors (Lipinski definition) is 0. The van der Waals surface area contributed by atoms with Gasteiger partial charge in [-0.15, -0.1) is 11.6 Å². The highest BCUT2D eigenvalue weighted by atomic mass is 35.6. The second kappa shape index (κ2) is 6.27. The van der Waals surface area contributed by atoms with Crippen molar-refractivity contribution in [3.63, 3.8) is 0 Å². The number of benzene rings is 1. The second-order valence-electron chi connectivity index (χ2n) is 2.75. The van der Waals surface area contributed by atoms with Gasteiger partial charge in [0.2, 0.25) is 6.79 Å². The molecule has 0 bridgehead atoms. The van der Waals surface area contributed by atoms with E-state index in [0.29, 0.717) is 12.7 Å². The number of halogens is 5. The van der Waals surface area contributed by atoms with Gasteiger partial charge in [0.15, 0.2) is 11.5 Å². The molecule has 0 unspecified atom stereocenters. The third-order valence-electron chi connectivity index (χ3n) is 1.59. The van der Waals surface area contributed by atoms with Gasteiger partial charge in [-0.2, -0.15) is 0 Å². The lowest BCUT2D eigenvalue weighted by Crippen LogP contribution is -1.92. The molecule has 90 valence electrons. The van der Waals surface area contributed by atoms with Gasteiger partial charge in [-0.05, 0) is 17.7 Å². The Morgan fingerprint density at radius 1 is 1.06 bits per heavy atom. The highest BCUT2D eigenvalue weighted by molar-refractivity contribution is 6.83. The van der Waals surface area contributed by atoms with E-state index < -0.39 is 3.25 Å². The van der Waals surface area contributed by atoms with Crippen molar-refractivity contribution in [1.82, 2.24) is 0 Å². The van der Waals surface area contributed by atoms with Crippen molar-refractivity contribution in [2.75, 3.05) is 6.79 Å². The molecule has 0 atom stereocenters. The van der Waals surface area contributed by atoms with Crippen LogP contribution in [0, 0.1) is 0 Å². The van der Waals surface area contributed by atoms with Gasteiger partial charge in [-0.25, -0.2) is 0 Å². The van der Waals surface area contributed by atoms with E-state index in [1.807, 2.05) is 18.2 Å². The lowest BCUT2D eigenvalue weighted by molar-refractivity contribution is 0.174. The molecule has 1 aliphatic heterocycles. The Morgan fingerprint density at radius 3 is 2.19 bits per heavy atom. The molecule has 0 aromatic heterocycles. The molecule has 1 aliphatic rings. The third kappa shape index (κ3) is 5.55. The summed E-state index contributed by atoms with van der Waals surface area (Å²) in [6.07, 6.45) is 0. The molecule has 1 heterocycles. The lowest BCUT2D eigenvalue weighted by atomic mass is 10.2. The lowest BCUT2D eigenvalue weighted by Gasteiger charge is -1.97. The summed E-state index contributed by atoms with van der Waals surface area (Å²) in [5, 5.41) is 0. The zero-order valence-corrected chi connectivity index (χ0v) is 11.6. The van der Waals surface area contributed by atoms with E-state index in [4.69, 9.17) is 67.5 Å². The predicted octanol–water partition coefficient (Wildman–Crippen LogP) is 4.71. The molecular weight excluding hydrogens is 317 g/mol. The monoisotopic (exact) mass is 322 g/mol. The van der Waals surface area contributed by atoms with Crippen molar-refractivity contribution in [2.45, 2.75) is 9.13 Å². The Morgan fingerprint density at radius 2 is 1.62 bits per heavy atom. The van der Waals surface area contributed by atoms with E-state index in [2.05, 4.69) is 0 Å². The maximum absolute atomic E-state index is 5.63. The van der Waals surface area contributed by atoms with Crippen LogP contribution in [0.1, 0.15) is 5.56 Å². The summed E-state index contributed by atoms with van der Waals surface area (Å²) in [6, 6.07) is 5.70. The van der Waals surface area contributed by atoms with E-state index in [1.54, 1.807) is 0 Å². The van der Waals surface area contributed by atoms with Gasteiger partial charge < -0.3 is 9.47 Å². The zero-order valence-electron chi connectivity index (χ0n) is 7.85. The van der Waals surface area contributed by atoms with Crippen LogP contribution in [0.2, 0.25) is 0 Å². The van der Waals surface area contributed by atoms with Crippen LogP contribution in [0.15, 0.2) is 18.2 Å². The maximum Gasteiger partial charge on any atom is 0.266 e. The Hall–Kier alpha value is 0.270. The van der Waals surface area contributed by atoms with Gasteiger partial charge in [-0.3, -0.25) is 0 Å². The van der Waals surface area contributed by atoms with Gasteiger partial charge in [-0.1, -0.05) is 52.5 Å². The predicted molar refractivity (Wildman–Crippen MR) is 68.3 cm³/mol. The van der Waals surface area contributed by atoms with Crippen molar-refractivity contribution >= 4 is 58.0 Å². The van der Waals surface area contributed by atoms with Crippen LogP contribution in [-0.2, 0) is 5.88 Å². The molecule has 7 heteroatoms. The quantitative estimate of drug-likeness (QED) is 0.697. The van der Waals surface area contributed by atoms with Crippen LogP contribution < -0.4 is 9.47 Å². The Bertz CT molecular complexity index is 344. The van der Waals surface area contributed by atoms with E-state index in [9.17, 15) is 0 Å². The summed E-state index contributed by atoms with van der Waals surface area (Å²) >= 11 is 24.9. The molecule has 16 heavy (non-hydrogen) atoms. The molecule has 2 nitrogen and oxygen atoms in total. The van der Waals surface area contributed by atoms with Crippen LogP contribution in [-0.4, -0.2) is 10.0 Å². The van der Waals surface area contributed by atoms with Crippen molar-refractivity contribution in [3.8, 4) is 11.5 Å². The van der Waals surface area contributed by atoms with Gasteiger partial charge in [0.25, 0.3) is 3.25 Å². The van der Waals surface area contributed by atoms with Gasteiger partial charge >= 0.3 is 0 Å². The van der Waals surface area contributed by atoms with Crippen molar-refractivity contribution in [2.24, 2.45) is 0 Å². The van der Waals surface area contributed by atoms with Crippen LogP contribution >= 0.6 is 58.0 Å². The first-order valence-corrected chi connectivity index (χ1v) is 6.15. The molecule has 1 aromatic carbocycles. The summed E-state index contributed by atoms with van der Waals surface area (Å²) < 4.78 is 8.68. The average molecular weight is 324 g/mol. The number of hydrogen-bond acceptors (Lipinski definition) is 2. The minimum atomic E-state index is -1.61. The molecule has 0 saturated heterocycles. The normalized spacial score (nSPS) is 13.1. The van der Waals surface area contributed by atoms with Gasteiger partial charge in [0.05, 0.1) is 0 Å². The molecule has 1 aromatic rings. The molecule has 0 amide bonds. The van der Waals surface area contributed by atoms with E-state index >= 15 is 0 Å².